The average Bonchev–Trinajstić information content (AvgIpc) is 3.48. The smallest absolute Gasteiger partial charge is 0.260 e. The molecule has 35 heavy (non-hydrogen) atoms. The third-order valence-corrected chi connectivity index (χ3v) is 6.63. The Morgan fingerprint density at radius 2 is 2.11 bits per heavy atom. The van der Waals surface area contributed by atoms with Crippen LogP contribution in [-0.2, 0) is 22.6 Å². The van der Waals surface area contributed by atoms with Crippen molar-refractivity contribution in [3.8, 4) is 11.1 Å². The Bertz CT molecular complexity index is 1300. The standard InChI is InChI=1S/C26H31N3O5S/c1-17-6-7-21(18(2)11-17)22-16-35-26-24(22)25(31)27-23(28-26)13-29(8-10-32-3)12-19(30)14-33-15-20-5-4-9-34-20/h4-7,9,11,16,19,30H,8,10,12-15H2,1-3H3,(H,27,28,31). The molecule has 0 saturated carbocycles. The summed E-state index contributed by atoms with van der Waals surface area (Å²) in [4.78, 5) is 23.5. The molecular weight excluding hydrogens is 466 g/mol. The maximum absolute atomic E-state index is 13.1. The third kappa shape index (κ3) is 6.45. The summed E-state index contributed by atoms with van der Waals surface area (Å²) in [5.41, 5.74) is 4.10. The average molecular weight is 498 g/mol. The number of hydrogen-bond acceptors (Lipinski definition) is 8. The van der Waals surface area contributed by atoms with Crippen LogP contribution in [0.4, 0.5) is 0 Å². The van der Waals surface area contributed by atoms with Gasteiger partial charge in [-0.3, -0.25) is 9.69 Å². The van der Waals surface area contributed by atoms with Gasteiger partial charge in [-0.15, -0.1) is 11.3 Å². The van der Waals surface area contributed by atoms with Crippen molar-refractivity contribution in [2.75, 3.05) is 33.4 Å². The molecule has 1 aromatic carbocycles. The number of furan rings is 1. The fourth-order valence-electron chi connectivity index (χ4n) is 4.09. The molecule has 3 aromatic heterocycles. The van der Waals surface area contributed by atoms with E-state index in [1.807, 2.05) is 16.3 Å². The number of aliphatic hydroxyl groups excluding tert-OH is 1. The van der Waals surface area contributed by atoms with E-state index in [1.165, 1.54) is 16.9 Å². The molecule has 0 radical (unpaired) electrons. The molecule has 0 fully saturated rings. The molecule has 4 rings (SSSR count). The zero-order valence-corrected chi connectivity index (χ0v) is 21.1. The molecule has 0 saturated heterocycles. The Hall–Kier alpha value is -2.82. The van der Waals surface area contributed by atoms with E-state index in [0.29, 0.717) is 54.6 Å². The fraction of sp³-hybridized carbons (Fsp3) is 0.385. The van der Waals surface area contributed by atoms with Crippen molar-refractivity contribution in [3.05, 3.63) is 75.0 Å². The van der Waals surface area contributed by atoms with Gasteiger partial charge in [-0.25, -0.2) is 4.98 Å². The second-order valence-electron chi connectivity index (χ2n) is 8.64. The number of aryl methyl sites for hydroxylation is 2. The summed E-state index contributed by atoms with van der Waals surface area (Å²) in [6.07, 6.45) is 0.875. The molecule has 2 N–H and O–H groups in total. The first kappa shape index (κ1) is 25.3. The van der Waals surface area contributed by atoms with Crippen molar-refractivity contribution >= 4 is 21.6 Å². The van der Waals surface area contributed by atoms with E-state index < -0.39 is 6.10 Å². The third-order valence-electron chi connectivity index (χ3n) is 5.75. The number of nitrogens with one attached hydrogen (secondary N) is 1. The summed E-state index contributed by atoms with van der Waals surface area (Å²) in [6, 6.07) is 9.85. The van der Waals surface area contributed by atoms with Gasteiger partial charge in [0.05, 0.1) is 37.5 Å². The number of rotatable bonds is 12. The number of thiophene rings is 1. The Morgan fingerprint density at radius 1 is 1.26 bits per heavy atom. The summed E-state index contributed by atoms with van der Waals surface area (Å²) in [7, 11) is 1.63. The van der Waals surface area contributed by atoms with Crippen molar-refractivity contribution in [3.63, 3.8) is 0 Å². The topological polar surface area (TPSA) is 101 Å². The van der Waals surface area contributed by atoms with E-state index >= 15 is 0 Å². The molecule has 8 nitrogen and oxygen atoms in total. The minimum Gasteiger partial charge on any atom is -0.467 e. The van der Waals surface area contributed by atoms with Crippen LogP contribution in [0.25, 0.3) is 21.3 Å². The highest BCUT2D eigenvalue weighted by atomic mass is 32.1. The number of aromatic amines is 1. The maximum Gasteiger partial charge on any atom is 0.260 e. The van der Waals surface area contributed by atoms with Crippen molar-refractivity contribution in [2.24, 2.45) is 0 Å². The molecule has 3 heterocycles. The molecule has 0 bridgehead atoms. The molecule has 9 heteroatoms. The van der Waals surface area contributed by atoms with Crippen LogP contribution in [0.2, 0.25) is 0 Å². The Balaban J connectivity index is 1.47. The number of ether oxygens (including phenoxy) is 2. The van der Waals surface area contributed by atoms with Gasteiger partial charge < -0.3 is 24.0 Å². The first-order chi connectivity index (χ1) is 16.9. The molecule has 186 valence electrons. The Morgan fingerprint density at radius 3 is 2.86 bits per heavy atom. The van der Waals surface area contributed by atoms with Gasteiger partial charge in [-0.2, -0.15) is 0 Å². The van der Waals surface area contributed by atoms with E-state index in [1.54, 1.807) is 19.4 Å². The summed E-state index contributed by atoms with van der Waals surface area (Å²) >= 11 is 1.47. The SMILES string of the molecule is COCCN(Cc1nc2scc(-c3ccc(C)cc3C)c2c(=O)[nH]1)CC(O)COCc1ccco1. The van der Waals surface area contributed by atoms with Crippen LogP contribution in [0.5, 0.6) is 0 Å². The molecule has 0 aliphatic carbocycles. The molecule has 0 amide bonds. The first-order valence-electron chi connectivity index (χ1n) is 11.5. The monoisotopic (exact) mass is 497 g/mol. The minimum atomic E-state index is -0.713. The molecule has 4 aromatic rings. The van der Waals surface area contributed by atoms with Crippen molar-refractivity contribution in [1.82, 2.24) is 14.9 Å². The molecule has 1 unspecified atom stereocenters. The number of benzene rings is 1. The second kappa shape index (κ2) is 11.7. The van der Waals surface area contributed by atoms with E-state index in [9.17, 15) is 9.90 Å². The van der Waals surface area contributed by atoms with E-state index in [-0.39, 0.29) is 12.2 Å². The van der Waals surface area contributed by atoms with Gasteiger partial charge in [-0.05, 0) is 37.1 Å². The number of aromatic nitrogens is 2. The molecule has 0 aliphatic heterocycles. The van der Waals surface area contributed by atoms with Crippen LogP contribution < -0.4 is 5.56 Å². The van der Waals surface area contributed by atoms with Crippen LogP contribution >= 0.6 is 11.3 Å². The number of H-pyrrole nitrogens is 1. The van der Waals surface area contributed by atoms with Gasteiger partial charge in [0.2, 0.25) is 0 Å². The van der Waals surface area contributed by atoms with Crippen LogP contribution in [0.15, 0.2) is 51.2 Å². The Labute approximate surface area is 208 Å². The van der Waals surface area contributed by atoms with Crippen LogP contribution in [-0.4, -0.2) is 59.5 Å². The lowest BCUT2D eigenvalue weighted by atomic mass is 9.99. The van der Waals surface area contributed by atoms with E-state index in [4.69, 9.17) is 18.9 Å². The lowest BCUT2D eigenvalue weighted by molar-refractivity contribution is 0.0000995. The van der Waals surface area contributed by atoms with Crippen LogP contribution in [0, 0.1) is 13.8 Å². The molecule has 0 spiro atoms. The van der Waals surface area contributed by atoms with Crippen molar-refractivity contribution in [1.29, 1.82) is 0 Å². The second-order valence-corrected chi connectivity index (χ2v) is 9.49. The van der Waals surface area contributed by atoms with Gasteiger partial charge in [0, 0.05) is 31.1 Å². The highest BCUT2D eigenvalue weighted by Gasteiger charge is 2.18. The minimum absolute atomic E-state index is 0.157. The van der Waals surface area contributed by atoms with Gasteiger partial charge in [0.1, 0.15) is 23.0 Å². The molecule has 1 atom stereocenters. The summed E-state index contributed by atoms with van der Waals surface area (Å²) in [5, 5.41) is 13.1. The molecule has 0 aliphatic rings. The predicted molar refractivity (Wildman–Crippen MR) is 137 cm³/mol. The number of fused-ring (bicyclic) bond motifs is 1. The number of hydrogen-bond donors (Lipinski definition) is 2. The normalized spacial score (nSPS) is 12.6. The summed E-state index contributed by atoms with van der Waals surface area (Å²) < 4.78 is 16.0. The zero-order chi connectivity index (χ0) is 24.8. The highest BCUT2D eigenvalue weighted by molar-refractivity contribution is 7.17. The predicted octanol–water partition coefficient (Wildman–Crippen LogP) is 3.89. The lowest BCUT2D eigenvalue weighted by Gasteiger charge is -2.24. The van der Waals surface area contributed by atoms with Crippen LogP contribution in [0.3, 0.4) is 0 Å². The quantitative estimate of drug-likeness (QED) is 0.306. The maximum atomic E-state index is 13.1. The largest absolute Gasteiger partial charge is 0.467 e. The van der Waals surface area contributed by atoms with Gasteiger partial charge >= 0.3 is 0 Å². The van der Waals surface area contributed by atoms with Gasteiger partial charge in [0.15, 0.2) is 0 Å². The summed E-state index contributed by atoms with van der Waals surface area (Å²) in [6.45, 7) is 6.36. The molecular formula is C26H31N3O5S. The number of nitrogens with zero attached hydrogens (tertiary/aromatic N) is 2. The lowest BCUT2D eigenvalue weighted by Crippen LogP contribution is -2.37. The van der Waals surface area contributed by atoms with Gasteiger partial charge in [-0.1, -0.05) is 23.8 Å². The zero-order valence-electron chi connectivity index (χ0n) is 20.2. The highest BCUT2D eigenvalue weighted by Crippen LogP contribution is 2.33. The van der Waals surface area contributed by atoms with Crippen molar-refractivity contribution in [2.45, 2.75) is 33.1 Å². The number of methoxy groups -OCH3 is 1. The van der Waals surface area contributed by atoms with Crippen molar-refractivity contribution < 1.29 is 19.0 Å². The van der Waals surface area contributed by atoms with Gasteiger partial charge in [0.25, 0.3) is 5.56 Å². The fourth-order valence-corrected chi connectivity index (χ4v) is 5.05. The van der Waals surface area contributed by atoms with E-state index in [0.717, 1.165) is 16.7 Å². The first-order valence-corrected chi connectivity index (χ1v) is 12.4. The van der Waals surface area contributed by atoms with E-state index in [2.05, 4.69) is 37.0 Å². The number of aliphatic hydroxyl groups is 1. The summed E-state index contributed by atoms with van der Waals surface area (Å²) in [5.74, 6) is 1.26. The van der Waals surface area contributed by atoms with Crippen LogP contribution in [0.1, 0.15) is 22.7 Å². The Kier molecular flexibility index (Phi) is 8.48.